The molecule has 1 saturated heterocycles. The predicted molar refractivity (Wildman–Crippen MR) is 68.6 cm³/mol. The molecule has 0 bridgehead atoms. The molecule has 0 spiro atoms. The lowest BCUT2D eigenvalue weighted by molar-refractivity contribution is -0.133. The monoisotopic (exact) mass is 242 g/mol. The van der Waals surface area contributed by atoms with Crippen molar-refractivity contribution < 1.29 is 9.53 Å². The minimum absolute atomic E-state index is 0.0238. The zero-order chi connectivity index (χ0) is 13.0. The third-order valence-electron chi connectivity index (χ3n) is 3.71. The van der Waals surface area contributed by atoms with E-state index in [1.807, 2.05) is 11.8 Å². The lowest BCUT2D eigenvalue weighted by Gasteiger charge is -2.29. The minimum Gasteiger partial charge on any atom is -0.383 e. The first-order valence-corrected chi connectivity index (χ1v) is 6.63. The van der Waals surface area contributed by atoms with E-state index in [0.29, 0.717) is 12.5 Å². The molecule has 17 heavy (non-hydrogen) atoms. The van der Waals surface area contributed by atoms with Gasteiger partial charge in [0.15, 0.2) is 0 Å². The Kier molecular flexibility index (Phi) is 5.40. The van der Waals surface area contributed by atoms with E-state index in [0.717, 1.165) is 12.8 Å². The molecule has 0 saturated carbocycles. The number of amides is 1. The van der Waals surface area contributed by atoms with Gasteiger partial charge in [-0.05, 0) is 19.3 Å². The lowest BCUT2D eigenvalue weighted by atomic mass is 9.99. The van der Waals surface area contributed by atoms with Crippen LogP contribution < -0.4 is 5.32 Å². The van der Waals surface area contributed by atoms with Crippen LogP contribution in [0, 0.1) is 5.92 Å². The SMILES string of the molecule is CCC(C)C1NC(CC)N(C(C)COC)C1=O. The Morgan fingerprint density at radius 1 is 1.41 bits per heavy atom. The third-order valence-corrected chi connectivity index (χ3v) is 3.71. The Labute approximate surface area is 105 Å². The number of ether oxygens (including phenoxy) is 1. The number of nitrogens with zero attached hydrogens (tertiary/aromatic N) is 1. The zero-order valence-corrected chi connectivity index (χ0v) is 11.7. The van der Waals surface area contributed by atoms with Crippen molar-refractivity contribution in [3.63, 3.8) is 0 Å². The molecule has 1 rings (SSSR count). The van der Waals surface area contributed by atoms with Crippen molar-refractivity contribution in [3.05, 3.63) is 0 Å². The summed E-state index contributed by atoms with van der Waals surface area (Å²) in [6.45, 7) is 9.01. The van der Waals surface area contributed by atoms with Crippen molar-refractivity contribution in [2.45, 2.75) is 58.8 Å². The molecule has 0 aliphatic carbocycles. The average molecular weight is 242 g/mol. The second-order valence-corrected chi connectivity index (χ2v) is 5.00. The van der Waals surface area contributed by atoms with Crippen molar-refractivity contribution in [2.24, 2.45) is 5.92 Å². The fraction of sp³-hybridized carbons (Fsp3) is 0.923. The topological polar surface area (TPSA) is 41.6 Å². The quantitative estimate of drug-likeness (QED) is 0.769. The summed E-state index contributed by atoms with van der Waals surface area (Å²) in [5, 5.41) is 3.45. The van der Waals surface area contributed by atoms with E-state index in [9.17, 15) is 4.79 Å². The molecular weight excluding hydrogens is 216 g/mol. The summed E-state index contributed by atoms with van der Waals surface area (Å²) in [4.78, 5) is 14.4. The van der Waals surface area contributed by atoms with Gasteiger partial charge in [-0.1, -0.05) is 27.2 Å². The van der Waals surface area contributed by atoms with Crippen molar-refractivity contribution in [2.75, 3.05) is 13.7 Å². The molecule has 0 aromatic heterocycles. The van der Waals surface area contributed by atoms with Gasteiger partial charge in [0, 0.05) is 7.11 Å². The summed E-state index contributed by atoms with van der Waals surface area (Å²) < 4.78 is 5.16. The number of carbonyl (C=O) groups is 1. The molecule has 4 unspecified atom stereocenters. The van der Waals surface area contributed by atoms with Crippen LogP contribution in [0.4, 0.5) is 0 Å². The molecule has 0 aromatic carbocycles. The molecule has 1 aliphatic rings. The van der Waals surface area contributed by atoms with E-state index in [1.165, 1.54) is 0 Å². The highest BCUT2D eigenvalue weighted by atomic mass is 16.5. The van der Waals surface area contributed by atoms with Gasteiger partial charge in [-0.25, -0.2) is 0 Å². The Morgan fingerprint density at radius 2 is 2.06 bits per heavy atom. The summed E-state index contributed by atoms with van der Waals surface area (Å²) in [6.07, 6.45) is 2.12. The van der Waals surface area contributed by atoms with Crippen LogP contribution in [0.3, 0.4) is 0 Å². The van der Waals surface area contributed by atoms with Gasteiger partial charge >= 0.3 is 0 Å². The molecular formula is C13H26N2O2. The molecule has 4 atom stereocenters. The van der Waals surface area contributed by atoms with Gasteiger partial charge in [0.1, 0.15) is 0 Å². The first-order chi connectivity index (χ1) is 8.06. The van der Waals surface area contributed by atoms with Crippen LogP contribution in [0.15, 0.2) is 0 Å². The van der Waals surface area contributed by atoms with Gasteiger partial charge in [-0.3, -0.25) is 10.1 Å². The summed E-state index contributed by atoms with van der Waals surface area (Å²) in [7, 11) is 1.68. The maximum Gasteiger partial charge on any atom is 0.241 e. The summed E-state index contributed by atoms with van der Waals surface area (Å²) in [6, 6.07) is 0.114. The molecule has 1 aliphatic heterocycles. The maximum atomic E-state index is 12.4. The molecule has 1 amide bonds. The van der Waals surface area contributed by atoms with Crippen LogP contribution in [0.1, 0.15) is 40.5 Å². The number of methoxy groups -OCH3 is 1. The van der Waals surface area contributed by atoms with Gasteiger partial charge in [0.2, 0.25) is 5.91 Å². The smallest absolute Gasteiger partial charge is 0.241 e. The van der Waals surface area contributed by atoms with Crippen LogP contribution in [-0.4, -0.2) is 42.8 Å². The van der Waals surface area contributed by atoms with Gasteiger partial charge in [-0.15, -0.1) is 0 Å². The van der Waals surface area contributed by atoms with E-state index in [2.05, 4.69) is 26.1 Å². The normalized spacial score (nSPS) is 28.5. The zero-order valence-electron chi connectivity index (χ0n) is 11.7. The molecule has 1 heterocycles. The van der Waals surface area contributed by atoms with E-state index in [1.54, 1.807) is 7.11 Å². The standard InChI is InChI=1S/C13H26N2O2/c1-6-9(3)12-13(16)15(10(4)8-17-5)11(7-2)14-12/h9-12,14H,6-8H2,1-5H3. The molecule has 4 heteroatoms. The van der Waals surface area contributed by atoms with Crippen LogP contribution in [0.2, 0.25) is 0 Å². The number of hydrogen-bond acceptors (Lipinski definition) is 3. The highest BCUT2D eigenvalue weighted by Crippen LogP contribution is 2.23. The average Bonchev–Trinajstić information content (AvgIpc) is 2.65. The highest BCUT2D eigenvalue weighted by Gasteiger charge is 2.42. The Morgan fingerprint density at radius 3 is 2.53 bits per heavy atom. The summed E-state index contributed by atoms with van der Waals surface area (Å²) in [5.41, 5.74) is 0. The maximum absolute atomic E-state index is 12.4. The van der Waals surface area contributed by atoms with Crippen LogP contribution in [-0.2, 0) is 9.53 Å². The number of carbonyl (C=O) groups excluding carboxylic acids is 1. The van der Waals surface area contributed by atoms with Crippen molar-refractivity contribution in [3.8, 4) is 0 Å². The largest absolute Gasteiger partial charge is 0.383 e. The fourth-order valence-corrected chi connectivity index (χ4v) is 2.48. The van der Waals surface area contributed by atoms with Crippen LogP contribution in [0.25, 0.3) is 0 Å². The van der Waals surface area contributed by atoms with E-state index in [-0.39, 0.29) is 24.2 Å². The molecule has 0 aromatic rings. The van der Waals surface area contributed by atoms with Gasteiger partial charge < -0.3 is 9.64 Å². The third kappa shape index (κ3) is 2.99. The molecule has 4 nitrogen and oxygen atoms in total. The summed E-state index contributed by atoms with van der Waals surface area (Å²) in [5.74, 6) is 0.618. The first-order valence-electron chi connectivity index (χ1n) is 6.63. The fourth-order valence-electron chi connectivity index (χ4n) is 2.48. The van der Waals surface area contributed by atoms with E-state index < -0.39 is 0 Å². The van der Waals surface area contributed by atoms with Crippen LogP contribution in [0.5, 0.6) is 0 Å². The lowest BCUT2D eigenvalue weighted by Crippen LogP contribution is -2.45. The van der Waals surface area contributed by atoms with Gasteiger partial charge in [-0.2, -0.15) is 0 Å². The minimum atomic E-state index is -0.0238. The van der Waals surface area contributed by atoms with E-state index >= 15 is 0 Å². The first kappa shape index (κ1) is 14.5. The summed E-state index contributed by atoms with van der Waals surface area (Å²) >= 11 is 0. The molecule has 0 radical (unpaired) electrons. The highest BCUT2D eigenvalue weighted by molar-refractivity contribution is 5.85. The Hall–Kier alpha value is -0.610. The molecule has 1 fully saturated rings. The Bertz CT molecular complexity index is 258. The van der Waals surface area contributed by atoms with Crippen LogP contribution >= 0.6 is 0 Å². The van der Waals surface area contributed by atoms with Gasteiger partial charge in [0.05, 0.1) is 24.9 Å². The number of hydrogen-bond donors (Lipinski definition) is 1. The van der Waals surface area contributed by atoms with Crippen molar-refractivity contribution in [1.82, 2.24) is 10.2 Å². The predicted octanol–water partition coefficient (Wildman–Crippen LogP) is 1.60. The number of nitrogens with one attached hydrogen (secondary N) is 1. The second-order valence-electron chi connectivity index (χ2n) is 5.00. The molecule has 1 N–H and O–H groups in total. The molecule has 100 valence electrons. The number of rotatable bonds is 6. The van der Waals surface area contributed by atoms with Crippen molar-refractivity contribution in [1.29, 1.82) is 0 Å². The van der Waals surface area contributed by atoms with Gasteiger partial charge in [0.25, 0.3) is 0 Å². The van der Waals surface area contributed by atoms with E-state index in [4.69, 9.17) is 4.74 Å². The van der Waals surface area contributed by atoms with Crippen molar-refractivity contribution >= 4 is 5.91 Å². The second kappa shape index (κ2) is 6.36. The Balaban J connectivity index is 2.78.